The molecule has 0 aliphatic heterocycles. The Morgan fingerprint density at radius 3 is 1.44 bits per heavy atom. The van der Waals surface area contributed by atoms with Gasteiger partial charge in [0, 0.05) is 28.7 Å². The van der Waals surface area contributed by atoms with E-state index in [9.17, 15) is 0 Å². The topological polar surface area (TPSA) is 142 Å². The van der Waals surface area contributed by atoms with E-state index in [1.165, 1.54) is 17.9 Å². The minimum Gasteiger partial charge on any atom is -0.456 e. The maximum Gasteiger partial charge on any atom is 0.251 e. The Labute approximate surface area is 386 Å². The summed E-state index contributed by atoms with van der Waals surface area (Å²) >= 11 is 4.65. The number of hydrogen-bond acceptors (Lipinski definition) is 8. The third-order valence-electron chi connectivity index (χ3n) is 11.4. The van der Waals surface area contributed by atoms with E-state index in [1.54, 1.807) is 19.0 Å². The molecule has 0 aliphatic rings. The van der Waals surface area contributed by atoms with Gasteiger partial charge in [-0.05, 0) is 154 Å². The lowest BCUT2D eigenvalue weighted by Crippen LogP contribution is -1.95. The molecule has 64 heavy (non-hydrogen) atoms. The Hall–Kier alpha value is -7.58. The first-order valence-electron chi connectivity index (χ1n) is 20.1. The van der Waals surface area contributed by atoms with Gasteiger partial charge in [-0.15, -0.1) is 0 Å². The Morgan fingerprint density at radius 2 is 0.906 bits per heavy atom. The highest BCUT2D eigenvalue weighted by Crippen LogP contribution is 2.35. The summed E-state index contributed by atoms with van der Waals surface area (Å²) in [4.78, 5) is 17.4. The van der Waals surface area contributed by atoms with Gasteiger partial charge in [0.05, 0.1) is 44.5 Å². The van der Waals surface area contributed by atoms with Gasteiger partial charge in [-0.1, -0.05) is 36.4 Å². The highest BCUT2D eigenvalue weighted by atomic mass is 127. The molecule has 16 heteroatoms. The first-order chi connectivity index (χ1) is 31.5. The number of aromatic nitrogens is 12. The number of nitrogens with zero attached hydrogens (tertiary/aromatic N) is 11. The average Bonchev–Trinajstić information content (AvgIpc) is 4.19. The minimum atomic E-state index is 0.719. The predicted molar refractivity (Wildman–Crippen MR) is 264 cm³/mol. The standard InChI is InChI=1S/C28H16N8O.C12H6I2O.C8H6N4/c1-3-7-23-21(5-1)33(27-29-15-31-35(23)27)17-9-11-25-19(13-17)20-14-18(10-12-26(20)37-25)34-22-6-2-4-8-24(22)36-28(34)30-16-32-36;13-7-1-3-11-9(5-7)10-6-8(14)2-4-12(10)15-11;1-2-4-7-6(3-1)11-8-9-5-10-12(7)8/h1-16H;1-6H;1-5H,(H,9,10,11). The van der Waals surface area contributed by atoms with Crippen molar-refractivity contribution in [3.05, 3.63) is 172 Å². The van der Waals surface area contributed by atoms with Crippen molar-refractivity contribution in [2.24, 2.45) is 0 Å². The van der Waals surface area contributed by atoms with Crippen LogP contribution in [0.5, 0.6) is 0 Å². The van der Waals surface area contributed by atoms with Crippen LogP contribution in [0.25, 0.3) is 106 Å². The van der Waals surface area contributed by atoms with Crippen molar-refractivity contribution in [1.29, 1.82) is 0 Å². The Morgan fingerprint density at radius 1 is 0.453 bits per heavy atom. The SMILES string of the molecule is Ic1ccc2oc3ccc(I)cc3c2c1.c1ccc2c(c1)n(-c1ccc3oc4ccc(-n5c6ccccc6n6ncnc56)cc4c3c1)c1ncnn21.c1ccc2c(c1)nc1nc[nH]n12. The number of imidazole rings is 3. The van der Waals surface area contributed by atoms with E-state index in [2.05, 4.69) is 162 Å². The Balaban J connectivity index is 0.000000124. The summed E-state index contributed by atoms with van der Waals surface area (Å²) in [7, 11) is 0. The van der Waals surface area contributed by atoms with E-state index >= 15 is 0 Å². The number of benzene rings is 7. The van der Waals surface area contributed by atoms with Gasteiger partial charge in [0.25, 0.3) is 5.78 Å². The van der Waals surface area contributed by atoms with Crippen molar-refractivity contribution in [1.82, 2.24) is 57.9 Å². The first kappa shape index (κ1) is 37.0. The maximum absolute atomic E-state index is 6.23. The number of furan rings is 2. The Kier molecular flexibility index (Phi) is 8.38. The number of fused-ring (bicyclic) bond motifs is 15. The fourth-order valence-corrected chi connectivity index (χ4v) is 9.61. The molecule has 0 amide bonds. The molecule has 0 radical (unpaired) electrons. The minimum absolute atomic E-state index is 0.719. The molecule has 0 spiro atoms. The second-order valence-electron chi connectivity index (χ2n) is 15.1. The predicted octanol–water partition coefficient (Wildman–Crippen LogP) is 11.6. The zero-order valence-corrected chi connectivity index (χ0v) is 37.4. The van der Waals surface area contributed by atoms with Crippen LogP contribution in [-0.2, 0) is 0 Å². The summed E-state index contributed by atoms with van der Waals surface area (Å²) in [6.45, 7) is 0. The zero-order valence-electron chi connectivity index (χ0n) is 33.1. The van der Waals surface area contributed by atoms with Gasteiger partial charge in [-0.3, -0.25) is 14.2 Å². The molecule has 0 saturated heterocycles. The molecule has 8 heterocycles. The van der Waals surface area contributed by atoms with Crippen LogP contribution in [0.4, 0.5) is 0 Å². The third-order valence-corrected chi connectivity index (χ3v) is 12.8. The summed E-state index contributed by atoms with van der Waals surface area (Å²) in [5, 5.41) is 16.3. The molecule has 7 aromatic carbocycles. The molecule has 14 nitrogen and oxygen atoms in total. The van der Waals surface area contributed by atoms with Crippen LogP contribution in [0.15, 0.2) is 173 Å². The molecule has 0 unspecified atom stereocenters. The quantitative estimate of drug-likeness (QED) is 0.169. The third kappa shape index (κ3) is 5.82. The van der Waals surface area contributed by atoms with Crippen molar-refractivity contribution >= 4 is 139 Å². The van der Waals surface area contributed by atoms with E-state index in [-0.39, 0.29) is 0 Å². The number of nitrogens with one attached hydrogen (secondary N) is 1. The van der Waals surface area contributed by atoms with E-state index in [1.807, 2.05) is 86.3 Å². The average molecular weight is 1060 g/mol. The van der Waals surface area contributed by atoms with Gasteiger partial charge in [0.2, 0.25) is 11.6 Å². The van der Waals surface area contributed by atoms with Crippen LogP contribution >= 0.6 is 45.2 Å². The number of hydrogen-bond donors (Lipinski definition) is 1. The molecule has 1 N–H and O–H groups in total. The summed E-state index contributed by atoms with van der Waals surface area (Å²) in [5.41, 5.74) is 11.7. The summed E-state index contributed by atoms with van der Waals surface area (Å²) in [6, 6.07) is 49.3. The van der Waals surface area contributed by atoms with E-state index in [0.29, 0.717) is 0 Å². The van der Waals surface area contributed by atoms with E-state index in [0.717, 1.165) is 94.9 Å². The van der Waals surface area contributed by atoms with Gasteiger partial charge in [-0.25, -0.2) is 14.5 Å². The highest BCUT2D eigenvalue weighted by Gasteiger charge is 2.18. The fraction of sp³-hybridized carbons (Fsp3) is 0. The van der Waals surface area contributed by atoms with Crippen molar-refractivity contribution in [2.75, 3.05) is 0 Å². The van der Waals surface area contributed by atoms with Crippen LogP contribution in [0.1, 0.15) is 0 Å². The van der Waals surface area contributed by atoms with Gasteiger partial charge < -0.3 is 8.83 Å². The lowest BCUT2D eigenvalue weighted by atomic mass is 10.1. The summed E-state index contributed by atoms with van der Waals surface area (Å²) < 4.78 is 24.3. The molecule has 15 aromatic rings. The van der Waals surface area contributed by atoms with Gasteiger partial charge in [-0.2, -0.15) is 29.2 Å². The summed E-state index contributed by atoms with van der Waals surface area (Å²) in [5.74, 6) is 2.25. The first-order valence-corrected chi connectivity index (χ1v) is 22.3. The molecule has 8 aromatic heterocycles. The van der Waals surface area contributed by atoms with Crippen LogP contribution in [-0.4, -0.2) is 57.9 Å². The molecular formula is C48H28I2N12O2. The zero-order chi connectivity index (χ0) is 42.5. The second-order valence-corrected chi connectivity index (χ2v) is 17.6. The highest BCUT2D eigenvalue weighted by molar-refractivity contribution is 14.1. The molecule has 0 saturated carbocycles. The van der Waals surface area contributed by atoms with Gasteiger partial charge >= 0.3 is 0 Å². The van der Waals surface area contributed by atoms with Crippen LogP contribution in [0.2, 0.25) is 0 Å². The summed E-state index contributed by atoms with van der Waals surface area (Å²) in [6.07, 6.45) is 4.81. The van der Waals surface area contributed by atoms with Crippen LogP contribution < -0.4 is 0 Å². The van der Waals surface area contributed by atoms with Crippen molar-refractivity contribution in [2.45, 2.75) is 0 Å². The Bertz CT molecular complexity index is 4060. The molecule has 0 bridgehead atoms. The molecule has 306 valence electrons. The largest absolute Gasteiger partial charge is 0.456 e. The lowest BCUT2D eigenvalue weighted by molar-refractivity contribution is 0.668. The molecule has 15 rings (SSSR count). The van der Waals surface area contributed by atoms with E-state index < -0.39 is 0 Å². The second kappa shape index (κ2) is 14.5. The van der Waals surface area contributed by atoms with E-state index in [4.69, 9.17) is 8.83 Å². The van der Waals surface area contributed by atoms with Crippen molar-refractivity contribution in [3.63, 3.8) is 0 Å². The number of H-pyrrole nitrogens is 1. The lowest BCUT2D eigenvalue weighted by Gasteiger charge is -2.06. The molecule has 0 aliphatic carbocycles. The van der Waals surface area contributed by atoms with Gasteiger partial charge in [0.1, 0.15) is 41.3 Å². The molecule has 0 fully saturated rings. The monoisotopic (exact) mass is 1060 g/mol. The maximum atomic E-state index is 6.23. The van der Waals surface area contributed by atoms with Crippen LogP contribution in [0, 0.1) is 7.14 Å². The number of rotatable bonds is 2. The molecule has 0 atom stereocenters. The van der Waals surface area contributed by atoms with Gasteiger partial charge in [0.15, 0.2) is 0 Å². The molecular weight excluding hydrogens is 1030 g/mol. The number of aromatic amines is 1. The van der Waals surface area contributed by atoms with Crippen molar-refractivity contribution in [3.8, 4) is 11.4 Å². The smallest absolute Gasteiger partial charge is 0.251 e. The number of halogens is 2. The number of para-hydroxylation sites is 6. The van der Waals surface area contributed by atoms with Crippen molar-refractivity contribution < 1.29 is 8.83 Å². The normalized spacial score (nSPS) is 11.9. The van der Waals surface area contributed by atoms with Crippen LogP contribution in [0.3, 0.4) is 0 Å². The fourth-order valence-electron chi connectivity index (χ4n) is 8.63.